The third-order valence-electron chi connectivity index (χ3n) is 2.05. The molecule has 1 aromatic rings. The van der Waals surface area contributed by atoms with Gasteiger partial charge in [0.15, 0.2) is 11.6 Å². The van der Waals surface area contributed by atoms with E-state index in [1.807, 2.05) is 0 Å². The maximum Gasteiger partial charge on any atom is 0.173 e. The summed E-state index contributed by atoms with van der Waals surface area (Å²) in [6, 6.07) is 2.68. The lowest BCUT2D eigenvalue weighted by atomic mass is 10.1. The fourth-order valence-corrected chi connectivity index (χ4v) is 1.58. The Balaban J connectivity index is 3.02. The van der Waals surface area contributed by atoms with E-state index in [0.717, 1.165) is 0 Å². The van der Waals surface area contributed by atoms with Gasteiger partial charge in [-0.25, -0.2) is 4.39 Å². The number of benzene rings is 1. The van der Waals surface area contributed by atoms with Crippen LogP contribution in [0.3, 0.4) is 0 Å². The molecule has 0 saturated heterocycles. The van der Waals surface area contributed by atoms with Gasteiger partial charge in [-0.15, -0.1) is 0 Å². The van der Waals surface area contributed by atoms with Gasteiger partial charge in [0.2, 0.25) is 0 Å². The SMILES string of the molecule is COc1c(F)cc(C(O)CCN)cc1Cl. The van der Waals surface area contributed by atoms with Gasteiger partial charge >= 0.3 is 0 Å². The molecule has 1 rings (SSSR count). The highest BCUT2D eigenvalue weighted by molar-refractivity contribution is 6.32. The maximum absolute atomic E-state index is 13.4. The highest BCUT2D eigenvalue weighted by Crippen LogP contribution is 2.31. The van der Waals surface area contributed by atoms with Crippen molar-refractivity contribution in [2.45, 2.75) is 12.5 Å². The third kappa shape index (κ3) is 2.81. The molecule has 0 amide bonds. The number of hydrogen-bond acceptors (Lipinski definition) is 3. The van der Waals surface area contributed by atoms with Gasteiger partial charge < -0.3 is 15.6 Å². The molecule has 0 aliphatic heterocycles. The molecule has 3 nitrogen and oxygen atoms in total. The van der Waals surface area contributed by atoms with Crippen LogP contribution in [-0.4, -0.2) is 18.8 Å². The third-order valence-corrected chi connectivity index (χ3v) is 2.33. The van der Waals surface area contributed by atoms with Crippen molar-refractivity contribution in [1.29, 1.82) is 0 Å². The van der Waals surface area contributed by atoms with Crippen LogP contribution in [0.1, 0.15) is 18.1 Å². The molecule has 1 atom stereocenters. The zero-order valence-electron chi connectivity index (χ0n) is 8.34. The normalized spacial score (nSPS) is 12.6. The Morgan fingerprint density at radius 3 is 2.73 bits per heavy atom. The number of aliphatic hydroxyl groups excluding tert-OH is 1. The molecule has 0 aliphatic carbocycles. The van der Waals surface area contributed by atoms with E-state index in [4.69, 9.17) is 22.1 Å². The molecule has 84 valence electrons. The molecule has 0 bridgehead atoms. The van der Waals surface area contributed by atoms with Crippen molar-refractivity contribution in [3.8, 4) is 5.75 Å². The lowest BCUT2D eigenvalue weighted by molar-refractivity contribution is 0.169. The molecule has 0 aliphatic rings. The van der Waals surface area contributed by atoms with Gasteiger partial charge in [0.05, 0.1) is 18.2 Å². The van der Waals surface area contributed by atoms with Crippen molar-refractivity contribution < 1.29 is 14.2 Å². The van der Waals surface area contributed by atoms with Gasteiger partial charge in [-0.3, -0.25) is 0 Å². The van der Waals surface area contributed by atoms with Gasteiger partial charge in [-0.05, 0) is 30.7 Å². The van der Waals surface area contributed by atoms with E-state index in [2.05, 4.69) is 0 Å². The summed E-state index contributed by atoms with van der Waals surface area (Å²) in [7, 11) is 1.33. The van der Waals surface area contributed by atoms with Crippen LogP contribution in [0.4, 0.5) is 4.39 Å². The molecular formula is C10H13ClFNO2. The molecule has 0 aromatic heterocycles. The average molecular weight is 234 g/mol. The van der Waals surface area contributed by atoms with E-state index in [-0.39, 0.29) is 10.8 Å². The largest absolute Gasteiger partial charge is 0.492 e. The van der Waals surface area contributed by atoms with Crippen LogP contribution in [0.2, 0.25) is 5.02 Å². The van der Waals surface area contributed by atoms with Crippen molar-refractivity contribution in [2.75, 3.05) is 13.7 Å². The quantitative estimate of drug-likeness (QED) is 0.835. The summed E-state index contributed by atoms with van der Waals surface area (Å²) in [4.78, 5) is 0. The second kappa shape index (κ2) is 5.30. The molecule has 0 saturated carbocycles. The first kappa shape index (κ1) is 12.2. The first-order valence-electron chi connectivity index (χ1n) is 4.51. The zero-order valence-corrected chi connectivity index (χ0v) is 9.09. The van der Waals surface area contributed by atoms with Gasteiger partial charge in [-0.2, -0.15) is 0 Å². The van der Waals surface area contributed by atoms with E-state index in [9.17, 15) is 9.50 Å². The minimum atomic E-state index is -0.798. The average Bonchev–Trinajstić information content (AvgIpc) is 2.17. The highest BCUT2D eigenvalue weighted by atomic mass is 35.5. The second-order valence-corrected chi connectivity index (χ2v) is 3.52. The number of hydrogen-bond donors (Lipinski definition) is 2. The Labute approximate surface area is 92.6 Å². The number of aliphatic hydroxyl groups is 1. The fourth-order valence-electron chi connectivity index (χ4n) is 1.29. The molecule has 0 spiro atoms. The van der Waals surface area contributed by atoms with Crippen LogP contribution >= 0.6 is 11.6 Å². The minimum Gasteiger partial charge on any atom is -0.492 e. The topological polar surface area (TPSA) is 55.5 Å². The molecular weight excluding hydrogens is 221 g/mol. The smallest absolute Gasteiger partial charge is 0.173 e. The van der Waals surface area contributed by atoms with E-state index in [1.54, 1.807) is 0 Å². The standard InChI is InChI=1S/C10H13ClFNO2/c1-15-10-7(11)4-6(5-8(10)12)9(14)2-3-13/h4-5,9,14H,2-3,13H2,1H3. The summed E-state index contributed by atoms with van der Waals surface area (Å²) in [5, 5.41) is 9.73. The van der Waals surface area contributed by atoms with Crippen molar-refractivity contribution in [2.24, 2.45) is 5.73 Å². The maximum atomic E-state index is 13.4. The molecule has 1 unspecified atom stereocenters. The van der Waals surface area contributed by atoms with Gasteiger partial charge in [0.25, 0.3) is 0 Å². The zero-order chi connectivity index (χ0) is 11.4. The van der Waals surface area contributed by atoms with E-state index in [0.29, 0.717) is 18.5 Å². The van der Waals surface area contributed by atoms with Crippen molar-refractivity contribution in [3.63, 3.8) is 0 Å². The Morgan fingerprint density at radius 1 is 1.60 bits per heavy atom. The minimum absolute atomic E-state index is 0.0136. The van der Waals surface area contributed by atoms with Crippen LogP contribution in [0.5, 0.6) is 5.75 Å². The molecule has 0 radical (unpaired) electrons. The molecule has 15 heavy (non-hydrogen) atoms. The number of ether oxygens (including phenoxy) is 1. The second-order valence-electron chi connectivity index (χ2n) is 3.11. The van der Waals surface area contributed by atoms with E-state index >= 15 is 0 Å². The molecule has 5 heteroatoms. The Hall–Kier alpha value is -0.840. The van der Waals surface area contributed by atoms with Crippen LogP contribution in [0.15, 0.2) is 12.1 Å². The Morgan fingerprint density at radius 2 is 2.27 bits per heavy atom. The van der Waals surface area contributed by atoms with Crippen molar-refractivity contribution >= 4 is 11.6 Å². The van der Waals surface area contributed by atoms with Crippen LogP contribution in [0.25, 0.3) is 0 Å². The number of halogens is 2. The van der Waals surface area contributed by atoms with Gasteiger partial charge in [0, 0.05) is 0 Å². The first-order valence-corrected chi connectivity index (χ1v) is 4.89. The monoisotopic (exact) mass is 233 g/mol. The summed E-state index contributed by atoms with van der Waals surface area (Å²) in [6.45, 7) is 0.326. The van der Waals surface area contributed by atoms with Crippen LogP contribution in [0, 0.1) is 5.82 Å². The van der Waals surface area contributed by atoms with Crippen LogP contribution < -0.4 is 10.5 Å². The van der Waals surface area contributed by atoms with Gasteiger partial charge in [-0.1, -0.05) is 11.6 Å². The lowest BCUT2D eigenvalue weighted by Gasteiger charge is -2.12. The molecule has 3 N–H and O–H groups in total. The highest BCUT2D eigenvalue weighted by Gasteiger charge is 2.14. The molecule has 0 heterocycles. The molecule has 0 fully saturated rings. The number of methoxy groups -OCH3 is 1. The summed E-state index contributed by atoms with van der Waals surface area (Å²) in [5.74, 6) is -0.601. The number of nitrogens with two attached hydrogens (primary N) is 1. The number of rotatable bonds is 4. The lowest BCUT2D eigenvalue weighted by Crippen LogP contribution is -2.07. The first-order chi connectivity index (χ1) is 7.10. The van der Waals surface area contributed by atoms with Crippen molar-refractivity contribution in [3.05, 3.63) is 28.5 Å². The van der Waals surface area contributed by atoms with Gasteiger partial charge in [0.1, 0.15) is 0 Å². The van der Waals surface area contributed by atoms with Crippen LogP contribution in [-0.2, 0) is 0 Å². The predicted octanol–water partition coefficient (Wildman–Crippen LogP) is 1.87. The predicted molar refractivity (Wildman–Crippen MR) is 56.6 cm³/mol. The summed E-state index contributed by atoms with van der Waals surface area (Å²) in [6.07, 6.45) is -0.435. The summed E-state index contributed by atoms with van der Waals surface area (Å²) >= 11 is 5.77. The Bertz CT molecular complexity index is 323. The van der Waals surface area contributed by atoms with E-state index in [1.165, 1.54) is 19.2 Å². The molecule has 1 aromatic carbocycles. The Kier molecular flexibility index (Phi) is 4.32. The fraction of sp³-hybridized carbons (Fsp3) is 0.400. The van der Waals surface area contributed by atoms with E-state index < -0.39 is 11.9 Å². The summed E-state index contributed by atoms with van der Waals surface area (Å²) < 4.78 is 18.1. The van der Waals surface area contributed by atoms with Crippen molar-refractivity contribution in [1.82, 2.24) is 0 Å². The summed E-state index contributed by atoms with van der Waals surface area (Å²) in [5.41, 5.74) is 5.69.